The van der Waals surface area contributed by atoms with Crippen molar-refractivity contribution in [1.29, 1.82) is 0 Å². The van der Waals surface area contributed by atoms with Crippen LogP contribution < -0.4 is 5.73 Å². The van der Waals surface area contributed by atoms with Crippen molar-refractivity contribution in [1.82, 2.24) is 14.8 Å². The van der Waals surface area contributed by atoms with Crippen molar-refractivity contribution < 1.29 is 0 Å². The molecule has 1 atom stereocenters. The predicted molar refractivity (Wildman–Crippen MR) is 58.3 cm³/mol. The summed E-state index contributed by atoms with van der Waals surface area (Å²) >= 11 is 0. The molecule has 78 valence electrons. The first-order valence-electron chi connectivity index (χ1n) is 4.92. The number of nitrogens with two attached hydrogens (primary N) is 1. The van der Waals surface area contributed by atoms with Crippen molar-refractivity contribution in [3.05, 3.63) is 48.0 Å². The molecule has 4 heteroatoms. The van der Waals surface area contributed by atoms with Crippen molar-refractivity contribution in [3.8, 4) is 0 Å². The Labute approximate surface area is 88.8 Å². The first kappa shape index (κ1) is 9.86. The van der Waals surface area contributed by atoms with Crippen LogP contribution in [0.4, 0.5) is 0 Å². The molecule has 2 aromatic rings. The van der Waals surface area contributed by atoms with Crippen molar-refractivity contribution in [2.75, 3.05) is 6.54 Å². The average Bonchev–Trinajstić information content (AvgIpc) is 2.68. The molecule has 2 rings (SSSR count). The van der Waals surface area contributed by atoms with Gasteiger partial charge in [0.15, 0.2) is 0 Å². The van der Waals surface area contributed by atoms with Crippen LogP contribution in [0.3, 0.4) is 0 Å². The zero-order valence-electron chi connectivity index (χ0n) is 8.67. The van der Waals surface area contributed by atoms with Gasteiger partial charge in [0.05, 0.1) is 5.92 Å². The van der Waals surface area contributed by atoms with Crippen LogP contribution >= 0.6 is 0 Å². The van der Waals surface area contributed by atoms with E-state index < -0.39 is 0 Å². The standard InChI is InChI=1S/C11H14N4/c1-15-11(13-8-14-15)10(7-12)9-5-3-2-4-6-9/h2-6,8,10H,7,12H2,1H3. The summed E-state index contributed by atoms with van der Waals surface area (Å²) in [6, 6.07) is 10.1. The van der Waals surface area contributed by atoms with E-state index in [0.29, 0.717) is 6.54 Å². The molecule has 0 radical (unpaired) electrons. The number of aryl methyl sites for hydroxylation is 1. The van der Waals surface area contributed by atoms with Gasteiger partial charge in [0, 0.05) is 13.6 Å². The summed E-state index contributed by atoms with van der Waals surface area (Å²) < 4.78 is 1.77. The van der Waals surface area contributed by atoms with Gasteiger partial charge >= 0.3 is 0 Å². The van der Waals surface area contributed by atoms with E-state index in [1.165, 1.54) is 5.56 Å². The molecule has 0 spiro atoms. The minimum Gasteiger partial charge on any atom is -0.329 e. The predicted octanol–water partition coefficient (Wildman–Crippen LogP) is 0.906. The lowest BCUT2D eigenvalue weighted by Gasteiger charge is -2.13. The molecule has 2 N–H and O–H groups in total. The Morgan fingerprint density at radius 1 is 1.33 bits per heavy atom. The molecule has 15 heavy (non-hydrogen) atoms. The van der Waals surface area contributed by atoms with Crippen LogP contribution in [0.1, 0.15) is 17.3 Å². The van der Waals surface area contributed by atoms with Gasteiger partial charge in [-0.2, -0.15) is 5.10 Å². The van der Waals surface area contributed by atoms with Gasteiger partial charge in [-0.05, 0) is 5.56 Å². The Morgan fingerprint density at radius 3 is 2.60 bits per heavy atom. The highest BCUT2D eigenvalue weighted by Gasteiger charge is 2.16. The highest BCUT2D eigenvalue weighted by Crippen LogP contribution is 2.20. The van der Waals surface area contributed by atoms with E-state index in [0.717, 1.165) is 5.82 Å². The summed E-state index contributed by atoms with van der Waals surface area (Å²) in [5, 5.41) is 4.06. The summed E-state index contributed by atoms with van der Waals surface area (Å²) in [6.07, 6.45) is 1.56. The summed E-state index contributed by atoms with van der Waals surface area (Å²) in [7, 11) is 1.88. The lowest BCUT2D eigenvalue weighted by atomic mass is 9.98. The zero-order chi connectivity index (χ0) is 10.7. The molecule has 0 aliphatic rings. The fraction of sp³-hybridized carbons (Fsp3) is 0.273. The molecule has 1 heterocycles. The molecule has 0 fully saturated rings. The lowest BCUT2D eigenvalue weighted by molar-refractivity contribution is 0.649. The maximum atomic E-state index is 5.78. The minimum absolute atomic E-state index is 0.124. The van der Waals surface area contributed by atoms with E-state index in [1.807, 2.05) is 25.2 Å². The third-order valence-electron chi connectivity index (χ3n) is 2.50. The molecule has 1 unspecified atom stereocenters. The second kappa shape index (κ2) is 4.23. The van der Waals surface area contributed by atoms with Crippen LogP contribution in [0, 0.1) is 0 Å². The molecule has 0 aliphatic heterocycles. The van der Waals surface area contributed by atoms with E-state index in [4.69, 9.17) is 5.73 Å². The van der Waals surface area contributed by atoms with Crippen LogP contribution in [0.5, 0.6) is 0 Å². The van der Waals surface area contributed by atoms with E-state index in [-0.39, 0.29) is 5.92 Å². The summed E-state index contributed by atoms with van der Waals surface area (Å²) in [5.41, 5.74) is 6.96. The van der Waals surface area contributed by atoms with Gasteiger partial charge in [0.2, 0.25) is 0 Å². The molecule has 4 nitrogen and oxygen atoms in total. The molecule has 0 bridgehead atoms. The summed E-state index contributed by atoms with van der Waals surface area (Å²) in [4.78, 5) is 4.24. The molecule has 0 amide bonds. The highest BCUT2D eigenvalue weighted by molar-refractivity contribution is 5.25. The fourth-order valence-electron chi connectivity index (χ4n) is 1.70. The van der Waals surface area contributed by atoms with Gasteiger partial charge in [0.25, 0.3) is 0 Å². The maximum Gasteiger partial charge on any atom is 0.138 e. The van der Waals surface area contributed by atoms with E-state index in [1.54, 1.807) is 11.0 Å². The maximum absolute atomic E-state index is 5.78. The van der Waals surface area contributed by atoms with Crippen LogP contribution in [-0.2, 0) is 7.05 Å². The van der Waals surface area contributed by atoms with Crippen LogP contribution in [0.15, 0.2) is 36.7 Å². The van der Waals surface area contributed by atoms with Gasteiger partial charge in [0.1, 0.15) is 12.2 Å². The van der Waals surface area contributed by atoms with Crippen LogP contribution in [0.25, 0.3) is 0 Å². The van der Waals surface area contributed by atoms with Crippen molar-refractivity contribution in [3.63, 3.8) is 0 Å². The van der Waals surface area contributed by atoms with Crippen molar-refractivity contribution in [2.45, 2.75) is 5.92 Å². The van der Waals surface area contributed by atoms with Gasteiger partial charge in [-0.25, -0.2) is 4.98 Å². The number of aromatic nitrogens is 3. The Morgan fingerprint density at radius 2 is 2.07 bits per heavy atom. The third kappa shape index (κ3) is 1.89. The van der Waals surface area contributed by atoms with Gasteiger partial charge in [-0.1, -0.05) is 30.3 Å². The van der Waals surface area contributed by atoms with E-state index >= 15 is 0 Å². The second-order valence-electron chi connectivity index (χ2n) is 3.44. The Hall–Kier alpha value is -1.68. The fourth-order valence-corrected chi connectivity index (χ4v) is 1.70. The third-order valence-corrected chi connectivity index (χ3v) is 2.50. The smallest absolute Gasteiger partial charge is 0.138 e. The molecule has 0 aliphatic carbocycles. The van der Waals surface area contributed by atoms with Crippen molar-refractivity contribution in [2.24, 2.45) is 12.8 Å². The Kier molecular flexibility index (Phi) is 2.78. The first-order chi connectivity index (χ1) is 7.33. The SMILES string of the molecule is Cn1ncnc1C(CN)c1ccccc1. The second-order valence-corrected chi connectivity index (χ2v) is 3.44. The lowest BCUT2D eigenvalue weighted by Crippen LogP contribution is -2.17. The topological polar surface area (TPSA) is 56.7 Å². The van der Waals surface area contributed by atoms with Crippen LogP contribution in [-0.4, -0.2) is 21.3 Å². The minimum atomic E-state index is 0.124. The molecular weight excluding hydrogens is 188 g/mol. The van der Waals surface area contributed by atoms with Gasteiger partial charge < -0.3 is 5.73 Å². The van der Waals surface area contributed by atoms with Crippen LogP contribution in [0.2, 0.25) is 0 Å². The van der Waals surface area contributed by atoms with E-state index in [2.05, 4.69) is 22.2 Å². The number of nitrogens with zero attached hydrogens (tertiary/aromatic N) is 3. The monoisotopic (exact) mass is 202 g/mol. The Bertz CT molecular complexity index is 421. The number of benzene rings is 1. The molecule has 0 saturated carbocycles. The Balaban J connectivity index is 2.37. The first-order valence-corrected chi connectivity index (χ1v) is 4.92. The average molecular weight is 202 g/mol. The van der Waals surface area contributed by atoms with Gasteiger partial charge in [-0.15, -0.1) is 0 Å². The summed E-state index contributed by atoms with van der Waals surface area (Å²) in [5.74, 6) is 1.03. The highest BCUT2D eigenvalue weighted by atomic mass is 15.3. The van der Waals surface area contributed by atoms with Crippen molar-refractivity contribution >= 4 is 0 Å². The molecule has 0 saturated heterocycles. The molecule has 1 aromatic carbocycles. The van der Waals surface area contributed by atoms with Gasteiger partial charge in [-0.3, -0.25) is 4.68 Å². The number of hydrogen-bond acceptors (Lipinski definition) is 3. The van der Waals surface area contributed by atoms with E-state index in [9.17, 15) is 0 Å². The number of hydrogen-bond donors (Lipinski definition) is 1. The summed E-state index contributed by atoms with van der Waals surface area (Å²) in [6.45, 7) is 0.538. The molecule has 1 aromatic heterocycles. The normalized spacial score (nSPS) is 12.7. The molecular formula is C11H14N4. The zero-order valence-corrected chi connectivity index (χ0v) is 8.67. The quantitative estimate of drug-likeness (QED) is 0.804. The number of rotatable bonds is 3. The largest absolute Gasteiger partial charge is 0.329 e.